The van der Waals surface area contributed by atoms with Crippen LogP contribution in [-0.2, 0) is 9.05 Å². The number of hydrogen-bond acceptors (Lipinski definition) is 5. The molecule has 1 aromatic rings. The molecule has 0 saturated heterocycles. The molecule has 7 heteroatoms. The second kappa shape index (κ2) is 4.02. The molecule has 5 nitrogen and oxygen atoms in total. The van der Waals surface area contributed by atoms with Gasteiger partial charge in [-0.1, -0.05) is 0 Å². The molecule has 78 valence electrons. The molecule has 0 aliphatic rings. The Balaban J connectivity index is 3.50. The monoisotopic (exact) mass is 237 g/mol. The normalized spacial score (nSPS) is 11.1. The van der Waals surface area contributed by atoms with E-state index in [1.807, 2.05) is 0 Å². The van der Waals surface area contributed by atoms with Crippen LogP contribution in [0.4, 0.5) is 0 Å². The lowest BCUT2D eigenvalue weighted by Crippen LogP contribution is -2.00. The summed E-state index contributed by atoms with van der Waals surface area (Å²) in [5, 5.41) is 0. The highest BCUT2D eigenvalue weighted by atomic mass is 35.7. The number of rotatable bonds is 3. The first kappa shape index (κ1) is 11.1. The van der Waals surface area contributed by atoms with Crippen molar-refractivity contribution in [3.8, 4) is 11.5 Å². The van der Waals surface area contributed by atoms with Crippen molar-refractivity contribution >= 4 is 19.7 Å². The van der Waals surface area contributed by atoms with Crippen molar-refractivity contribution in [2.24, 2.45) is 0 Å². The van der Waals surface area contributed by atoms with Crippen LogP contribution < -0.4 is 9.47 Å². The molecule has 0 fully saturated rings. The van der Waals surface area contributed by atoms with E-state index in [9.17, 15) is 8.42 Å². The van der Waals surface area contributed by atoms with E-state index in [1.165, 1.54) is 26.6 Å². The topological polar surface area (TPSA) is 65.5 Å². The molecule has 1 rings (SSSR count). The third-order valence-corrected chi connectivity index (χ3v) is 2.87. The fourth-order valence-electron chi connectivity index (χ4n) is 0.942. The molecule has 0 amide bonds. The lowest BCUT2D eigenvalue weighted by molar-refractivity contribution is 0.370. The van der Waals surface area contributed by atoms with Crippen LogP contribution in [0.25, 0.3) is 0 Å². The van der Waals surface area contributed by atoms with Gasteiger partial charge in [0.1, 0.15) is 0 Å². The Morgan fingerprint density at radius 3 is 1.93 bits per heavy atom. The molecule has 1 heterocycles. The molecule has 0 aliphatic heterocycles. The van der Waals surface area contributed by atoms with Gasteiger partial charge in [-0.25, -0.2) is 8.42 Å². The molecule has 0 aliphatic carbocycles. The Bertz CT molecular complexity index is 409. The number of methoxy groups -OCH3 is 2. The maximum atomic E-state index is 11.2. The predicted octanol–water partition coefficient (Wildman–Crippen LogP) is 1.03. The first-order chi connectivity index (χ1) is 6.50. The van der Waals surface area contributed by atoms with Gasteiger partial charge < -0.3 is 9.47 Å². The van der Waals surface area contributed by atoms with E-state index in [2.05, 4.69) is 4.98 Å². The molecule has 0 aromatic carbocycles. The van der Waals surface area contributed by atoms with Gasteiger partial charge in [0.15, 0.2) is 16.4 Å². The summed E-state index contributed by atoms with van der Waals surface area (Å²) in [5.41, 5.74) is 0. The molecule has 0 radical (unpaired) electrons. The average molecular weight is 238 g/mol. The van der Waals surface area contributed by atoms with E-state index >= 15 is 0 Å². The van der Waals surface area contributed by atoms with Crippen molar-refractivity contribution in [1.29, 1.82) is 0 Å². The van der Waals surface area contributed by atoms with Crippen molar-refractivity contribution in [1.82, 2.24) is 4.98 Å². The first-order valence-corrected chi connectivity index (χ1v) is 5.82. The SMILES string of the molecule is COc1cncc(OC)c1S(=O)(=O)Cl. The van der Waals surface area contributed by atoms with Crippen molar-refractivity contribution in [2.75, 3.05) is 14.2 Å². The number of hydrogen-bond donors (Lipinski definition) is 0. The van der Waals surface area contributed by atoms with Crippen LogP contribution >= 0.6 is 10.7 Å². The van der Waals surface area contributed by atoms with Crippen molar-refractivity contribution in [3.05, 3.63) is 12.4 Å². The summed E-state index contributed by atoms with van der Waals surface area (Å²) < 4.78 is 32.0. The highest BCUT2D eigenvalue weighted by Gasteiger charge is 2.22. The number of aromatic nitrogens is 1. The van der Waals surface area contributed by atoms with Crippen LogP contribution in [0.1, 0.15) is 0 Å². The lowest BCUT2D eigenvalue weighted by atomic mass is 10.4. The molecular formula is C7H8ClNO4S. The molecular weight excluding hydrogens is 230 g/mol. The predicted molar refractivity (Wildman–Crippen MR) is 50.4 cm³/mol. The van der Waals surface area contributed by atoms with E-state index in [4.69, 9.17) is 20.2 Å². The van der Waals surface area contributed by atoms with Gasteiger partial charge in [-0.05, 0) is 0 Å². The Hall–Kier alpha value is -1.01. The Labute approximate surface area is 86.0 Å². The summed E-state index contributed by atoms with van der Waals surface area (Å²) in [6.07, 6.45) is 2.50. The van der Waals surface area contributed by atoms with Crippen molar-refractivity contribution in [3.63, 3.8) is 0 Å². The largest absolute Gasteiger partial charge is 0.494 e. The van der Waals surface area contributed by atoms with E-state index in [-0.39, 0.29) is 16.4 Å². The zero-order valence-corrected chi connectivity index (χ0v) is 9.09. The average Bonchev–Trinajstić information content (AvgIpc) is 2.15. The van der Waals surface area contributed by atoms with Gasteiger partial charge in [0, 0.05) is 10.7 Å². The van der Waals surface area contributed by atoms with Gasteiger partial charge in [-0.3, -0.25) is 4.98 Å². The third-order valence-electron chi connectivity index (χ3n) is 1.51. The van der Waals surface area contributed by atoms with Gasteiger partial charge in [-0.15, -0.1) is 0 Å². The van der Waals surface area contributed by atoms with Crippen LogP contribution in [0.5, 0.6) is 11.5 Å². The number of ether oxygens (including phenoxy) is 2. The summed E-state index contributed by atoms with van der Waals surface area (Å²) in [7, 11) is 3.95. The minimum absolute atomic E-state index is 0.0550. The first-order valence-electron chi connectivity index (χ1n) is 3.51. The fraction of sp³-hybridized carbons (Fsp3) is 0.286. The lowest BCUT2D eigenvalue weighted by Gasteiger charge is -2.08. The van der Waals surface area contributed by atoms with E-state index in [1.54, 1.807) is 0 Å². The van der Waals surface area contributed by atoms with Crippen LogP contribution in [0.3, 0.4) is 0 Å². The van der Waals surface area contributed by atoms with Gasteiger partial charge in [0.05, 0.1) is 26.6 Å². The van der Waals surface area contributed by atoms with E-state index < -0.39 is 9.05 Å². The number of halogens is 1. The van der Waals surface area contributed by atoms with Gasteiger partial charge >= 0.3 is 0 Å². The maximum absolute atomic E-state index is 11.2. The van der Waals surface area contributed by atoms with Gasteiger partial charge in [0.2, 0.25) is 0 Å². The van der Waals surface area contributed by atoms with Crippen LogP contribution in [0, 0.1) is 0 Å². The minimum atomic E-state index is -3.91. The maximum Gasteiger partial charge on any atom is 0.268 e. The Morgan fingerprint density at radius 1 is 1.21 bits per heavy atom. The molecule has 0 atom stereocenters. The molecule has 0 spiro atoms. The van der Waals surface area contributed by atoms with Crippen LogP contribution in [0.15, 0.2) is 17.3 Å². The second-order valence-electron chi connectivity index (χ2n) is 2.31. The summed E-state index contributed by atoms with van der Waals surface area (Å²) >= 11 is 0. The second-order valence-corrected chi connectivity index (χ2v) is 4.81. The third kappa shape index (κ3) is 2.08. The molecule has 1 aromatic heterocycles. The zero-order chi connectivity index (χ0) is 10.8. The smallest absolute Gasteiger partial charge is 0.268 e. The minimum Gasteiger partial charge on any atom is -0.494 e. The molecule has 0 saturated carbocycles. The highest BCUT2D eigenvalue weighted by molar-refractivity contribution is 8.13. The number of nitrogens with zero attached hydrogens (tertiary/aromatic N) is 1. The van der Waals surface area contributed by atoms with Gasteiger partial charge in [0.25, 0.3) is 9.05 Å². The highest BCUT2D eigenvalue weighted by Crippen LogP contribution is 2.33. The van der Waals surface area contributed by atoms with Crippen LogP contribution in [0.2, 0.25) is 0 Å². The summed E-state index contributed by atoms with van der Waals surface area (Å²) in [4.78, 5) is 3.52. The van der Waals surface area contributed by atoms with Crippen molar-refractivity contribution < 1.29 is 17.9 Å². The molecule has 0 bridgehead atoms. The Morgan fingerprint density at radius 2 is 1.64 bits per heavy atom. The fourth-order valence-corrected chi connectivity index (χ4v) is 2.15. The summed E-state index contributed by atoms with van der Waals surface area (Å²) in [6, 6.07) is 0. The molecule has 14 heavy (non-hydrogen) atoms. The van der Waals surface area contributed by atoms with Gasteiger partial charge in [-0.2, -0.15) is 0 Å². The summed E-state index contributed by atoms with van der Waals surface area (Å²) in [6.45, 7) is 0. The zero-order valence-electron chi connectivity index (χ0n) is 7.52. The Kier molecular flexibility index (Phi) is 3.17. The standard InChI is InChI=1S/C7H8ClNO4S/c1-12-5-3-9-4-6(13-2)7(5)14(8,10)11/h3-4H,1-2H3. The quantitative estimate of drug-likeness (QED) is 0.735. The van der Waals surface area contributed by atoms with E-state index in [0.717, 1.165) is 0 Å². The molecule has 0 N–H and O–H groups in total. The summed E-state index contributed by atoms with van der Waals surface area (Å²) in [5.74, 6) is 0.110. The van der Waals surface area contributed by atoms with Crippen molar-refractivity contribution in [2.45, 2.75) is 4.90 Å². The number of pyridine rings is 1. The van der Waals surface area contributed by atoms with E-state index in [0.29, 0.717) is 0 Å². The molecule has 0 unspecified atom stereocenters. The van der Waals surface area contributed by atoms with Crippen LogP contribution in [-0.4, -0.2) is 27.6 Å².